The van der Waals surface area contributed by atoms with Gasteiger partial charge in [-0.3, -0.25) is 0 Å². The van der Waals surface area contributed by atoms with E-state index in [0.29, 0.717) is 11.8 Å². The average molecular weight is 316 g/mol. The van der Waals surface area contributed by atoms with Gasteiger partial charge < -0.3 is 9.15 Å². The van der Waals surface area contributed by atoms with Crippen LogP contribution in [-0.4, -0.2) is 12.1 Å². The summed E-state index contributed by atoms with van der Waals surface area (Å²) < 4.78 is 11.5. The molecule has 1 aromatic rings. The zero-order chi connectivity index (χ0) is 16.8. The van der Waals surface area contributed by atoms with Crippen molar-refractivity contribution in [2.45, 2.75) is 66.4 Å². The number of ether oxygens (including phenoxy) is 1. The summed E-state index contributed by atoms with van der Waals surface area (Å²) in [7, 11) is 0. The van der Waals surface area contributed by atoms with Gasteiger partial charge in [0.15, 0.2) is 0 Å². The van der Waals surface area contributed by atoms with Gasteiger partial charge in [-0.2, -0.15) is 0 Å². The minimum atomic E-state index is -0.198. The number of hydrogen-bond acceptors (Lipinski definition) is 3. The minimum absolute atomic E-state index is 0.0313. The van der Waals surface area contributed by atoms with Crippen LogP contribution in [0, 0.1) is 24.2 Å². The van der Waals surface area contributed by atoms with Gasteiger partial charge in [0.25, 0.3) is 0 Å². The topological polar surface area (TPSA) is 39.4 Å². The number of allylic oxidation sites excluding steroid dienone is 1. The summed E-state index contributed by atoms with van der Waals surface area (Å²) in [5, 5.41) is 0. The fourth-order valence-electron chi connectivity index (χ4n) is 4.45. The van der Waals surface area contributed by atoms with Crippen molar-refractivity contribution in [3.63, 3.8) is 0 Å². The van der Waals surface area contributed by atoms with E-state index in [1.165, 1.54) is 11.1 Å². The van der Waals surface area contributed by atoms with Crippen molar-refractivity contribution in [1.82, 2.24) is 0 Å². The molecule has 1 heterocycles. The lowest BCUT2D eigenvalue weighted by atomic mass is 9.55. The normalized spacial score (nSPS) is 32.7. The smallest absolute Gasteiger partial charge is 0.330 e. The van der Waals surface area contributed by atoms with Crippen molar-refractivity contribution < 1.29 is 13.9 Å². The predicted molar refractivity (Wildman–Crippen MR) is 90.2 cm³/mol. The van der Waals surface area contributed by atoms with Gasteiger partial charge in [-0.25, -0.2) is 4.79 Å². The second-order valence-corrected chi connectivity index (χ2v) is 8.06. The van der Waals surface area contributed by atoms with Gasteiger partial charge in [-0.05, 0) is 68.4 Å². The first-order valence-corrected chi connectivity index (χ1v) is 8.71. The van der Waals surface area contributed by atoms with Crippen LogP contribution in [-0.2, 0) is 22.4 Å². The molecule has 0 aliphatic heterocycles. The third kappa shape index (κ3) is 2.98. The zero-order valence-electron chi connectivity index (χ0n) is 14.9. The Labute approximate surface area is 139 Å². The summed E-state index contributed by atoms with van der Waals surface area (Å²) in [5.74, 6) is 2.01. The van der Waals surface area contributed by atoms with E-state index in [9.17, 15) is 4.79 Å². The number of carbonyl (C=O) groups excluding carboxylic acids is 1. The Kier molecular flexibility index (Phi) is 4.16. The molecule has 0 saturated heterocycles. The van der Waals surface area contributed by atoms with E-state index >= 15 is 0 Å². The number of carbonyl (C=O) groups is 1. The molecule has 2 aliphatic rings. The molecule has 0 spiro atoms. The second-order valence-electron chi connectivity index (χ2n) is 8.06. The Balaban J connectivity index is 1.78. The van der Waals surface area contributed by atoms with Crippen molar-refractivity contribution in [1.29, 1.82) is 0 Å². The van der Waals surface area contributed by atoms with Crippen LogP contribution in [0.4, 0.5) is 0 Å². The quantitative estimate of drug-likeness (QED) is 0.590. The highest BCUT2D eigenvalue weighted by molar-refractivity contribution is 5.82. The molecule has 2 aliphatic carbocycles. The van der Waals surface area contributed by atoms with E-state index < -0.39 is 0 Å². The summed E-state index contributed by atoms with van der Waals surface area (Å²) in [6, 6.07) is 0. The maximum Gasteiger partial charge on any atom is 0.330 e. The molecule has 0 amide bonds. The first kappa shape index (κ1) is 16.4. The third-order valence-electron chi connectivity index (χ3n) is 6.09. The van der Waals surface area contributed by atoms with Gasteiger partial charge in [0.2, 0.25) is 0 Å². The average Bonchev–Trinajstić information content (AvgIpc) is 2.78. The Morgan fingerprint density at radius 3 is 2.83 bits per heavy atom. The van der Waals surface area contributed by atoms with Crippen molar-refractivity contribution >= 4 is 5.97 Å². The van der Waals surface area contributed by atoms with Gasteiger partial charge in [0.05, 0.1) is 6.26 Å². The highest BCUT2D eigenvalue weighted by Crippen LogP contribution is 2.53. The van der Waals surface area contributed by atoms with Gasteiger partial charge in [0.1, 0.15) is 11.9 Å². The Morgan fingerprint density at radius 2 is 2.13 bits per heavy atom. The lowest BCUT2D eigenvalue weighted by molar-refractivity contribution is -0.150. The molecule has 1 fully saturated rings. The summed E-state index contributed by atoms with van der Waals surface area (Å²) in [5.41, 5.74) is 3.96. The lowest BCUT2D eigenvalue weighted by Crippen LogP contribution is -2.48. The molecule has 4 unspecified atom stereocenters. The van der Waals surface area contributed by atoms with Crippen molar-refractivity contribution in [3.8, 4) is 0 Å². The van der Waals surface area contributed by atoms with Crippen molar-refractivity contribution in [2.75, 3.05) is 0 Å². The van der Waals surface area contributed by atoms with Gasteiger partial charge in [-0.15, -0.1) is 0 Å². The highest BCUT2D eigenvalue weighted by Gasteiger charge is 2.49. The monoisotopic (exact) mass is 316 g/mol. The highest BCUT2D eigenvalue weighted by atomic mass is 16.5. The SMILES string of the molecule is CC(C)=CC(=O)OC1CC(C)C2(C)Cc3c(C)coc3CC2C1. The van der Waals surface area contributed by atoms with Crippen LogP contribution in [0.3, 0.4) is 0 Å². The van der Waals surface area contributed by atoms with Crippen molar-refractivity contribution in [2.24, 2.45) is 17.3 Å². The number of esters is 1. The van der Waals surface area contributed by atoms with Crippen LogP contribution in [0.1, 0.15) is 57.4 Å². The summed E-state index contributed by atoms with van der Waals surface area (Å²) >= 11 is 0. The van der Waals surface area contributed by atoms with Crippen LogP contribution in [0.2, 0.25) is 0 Å². The fourth-order valence-corrected chi connectivity index (χ4v) is 4.45. The lowest BCUT2D eigenvalue weighted by Gasteiger charge is -2.51. The molecule has 1 saturated carbocycles. The minimum Gasteiger partial charge on any atom is -0.469 e. The molecule has 0 N–H and O–H groups in total. The van der Waals surface area contributed by atoms with E-state index in [2.05, 4.69) is 20.8 Å². The molecular formula is C20H28O3. The zero-order valence-corrected chi connectivity index (χ0v) is 14.9. The molecule has 23 heavy (non-hydrogen) atoms. The Hall–Kier alpha value is -1.51. The fraction of sp³-hybridized carbons (Fsp3) is 0.650. The Morgan fingerprint density at radius 1 is 1.39 bits per heavy atom. The summed E-state index contributed by atoms with van der Waals surface area (Å²) in [4.78, 5) is 12.0. The number of rotatable bonds is 2. The van der Waals surface area contributed by atoms with Crippen molar-refractivity contribution in [3.05, 3.63) is 34.8 Å². The molecule has 0 radical (unpaired) electrons. The van der Waals surface area contributed by atoms with E-state index in [1.54, 1.807) is 6.08 Å². The number of furan rings is 1. The van der Waals surface area contributed by atoms with Gasteiger partial charge >= 0.3 is 5.97 Å². The molecule has 0 aromatic carbocycles. The number of hydrogen-bond donors (Lipinski definition) is 0. The van der Waals surface area contributed by atoms with E-state index in [0.717, 1.165) is 37.0 Å². The first-order valence-electron chi connectivity index (χ1n) is 8.71. The molecule has 3 rings (SSSR count). The molecule has 126 valence electrons. The van der Waals surface area contributed by atoms with Crippen LogP contribution in [0.25, 0.3) is 0 Å². The second kappa shape index (κ2) is 5.85. The maximum atomic E-state index is 12.0. The standard InChI is InChI=1S/C20H28O3/c1-12(2)6-19(21)23-16-7-14(4)20(5)10-17-13(3)11-22-18(17)9-15(20)8-16/h6,11,14-16H,7-10H2,1-5H3. The Bertz CT molecular complexity index is 635. The molecule has 0 bridgehead atoms. The van der Waals surface area contributed by atoms with Crippen LogP contribution in [0.15, 0.2) is 22.3 Å². The van der Waals surface area contributed by atoms with E-state index in [4.69, 9.17) is 9.15 Å². The maximum absolute atomic E-state index is 12.0. The van der Waals surface area contributed by atoms with Gasteiger partial charge in [-0.1, -0.05) is 19.4 Å². The van der Waals surface area contributed by atoms with Crippen LogP contribution >= 0.6 is 0 Å². The first-order chi connectivity index (χ1) is 10.8. The third-order valence-corrected chi connectivity index (χ3v) is 6.09. The van der Waals surface area contributed by atoms with E-state index in [1.807, 2.05) is 20.1 Å². The molecule has 3 nitrogen and oxygen atoms in total. The molecule has 1 aromatic heterocycles. The number of fused-ring (bicyclic) bond motifs is 2. The molecular weight excluding hydrogens is 288 g/mol. The van der Waals surface area contributed by atoms with Crippen LogP contribution in [0.5, 0.6) is 0 Å². The predicted octanol–water partition coefficient (Wildman–Crippen LogP) is 4.62. The number of aryl methyl sites for hydroxylation is 1. The summed E-state index contributed by atoms with van der Waals surface area (Å²) in [6.45, 7) is 10.7. The van der Waals surface area contributed by atoms with Gasteiger partial charge in [0, 0.05) is 12.5 Å². The molecule has 4 atom stereocenters. The molecule has 3 heteroatoms. The van der Waals surface area contributed by atoms with Crippen LogP contribution < -0.4 is 0 Å². The largest absolute Gasteiger partial charge is 0.469 e. The summed E-state index contributed by atoms with van der Waals surface area (Å²) in [6.07, 6.45) is 7.48. The van der Waals surface area contributed by atoms with E-state index in [-0.39, 0.29) is 17.5 Å².